The number of nitrogens with one attached hydrogen (secondary N) is 1. The predicted molar refractivity (Wildman–Crippen MR) is 51.4 cm³/mol. The molecule has 1 aromatic rings. The molecule has 0 aliphatic carbocycles. The number of hydrogen-bond donors (Lipinski definition) is 2. The summed E-state index contributed by atoms with van der Waals surface area (Å²) in [5.41, 5.74) is 0.144. The van der Waals surface area contributed by atoms with E-state index in [2.05, 4.69) is 9.82 Å². The first-order valence-electron chi connectivity index (χ1n) is 4.00. The maximum Gasteiger partial charge on any atom is 0.413 e. The number of rotatable bonds is 5. The van der Waals surface area contributed by atoms with Crippen molar-refractivity contribution < 1.29 is 36.3 Å². The Bertz CT molecular complexity index is 538. The molecule has 0 aliphatic rings. The van der Waals surface area contributed by atoms with E-state index in [1.165, 1.54) is 4.89 Å². The summed E-state index contributed by atoms with van der Waals surface area (Å²) < 4.78 is 57.2. The van der Waals surface area contributed by atoms with Gasteiger partial charge in [-0.05, 0) is 0 Å². The Kier molecular flexibility index (Phi) is 4.26. The molecule has 0 spiro atoms. The number of carboxylic acid groups (broad SMARTS) is 1. The lowest BCUT2D eigenvalue weighted by molar-refractivity contribution is -0.181. The average molecular weight is 306 g/mol. The van der Waals surface area contributed by atoms with Gasteiger partial charge in [-0.2, -0.15) is 13.2 Å². The van der Waals surface area contributed by atoms with Gasteiger partial charge in [0.05, 0.1) is 5.51 Å². The highest BCUT2D eigenvalue weighted by molar-refractivity contribution is 7.91. The summed E-state index contributed by atoms with van der Waals surface area (Å²) in [6.07, 6.45) is -4.72. The van der Waals surface area contributed by atoms with Crippen LogP contribution >= 0.6 is 11.3 Å². The van der Waals surface area contributed by atoms with Crippen LogP contribution in [0.2, 0.25) is 0 Å². The van der Waals surface area contributed by atoms with E-state index in [1.54, 1.807) is 0 Å². The molecule has 0 aliphatic heterocycles. The largest absolute Gasteiger partial charge is 0.476 e. The molecule has 0 saturated carbocycles. The van der Waals surface area contributed by atoms with Crippen molar-refractivity contribution in [3.05, 3.63) is 11.2 Å². The molecule has 18 heavy (non-hydrogen) atoms. The smallest absolute Gasteiger partial charge is 0.413 e. The molecule has 1 aromatic heterocycles. The molecule has 0 bridgehead atoms. The third-order valence-corrected chi connectivity index (χ3v) is 3.97. The Morgan fingerprint density at radius 3 is 2.67 bits per heavy atom. The molecular weight excluding hydrogens is 301 g/mol. The van der Waals surface area contributed by atoms with Gasteiger partial charge < -0.3 is 5.11 Å². The molecule has 0 unspecified atom stereocenters. The Hall–Kier alpha value is -1.24. The van der Waals surface area contributed by atoms with E-state index in [9.17, 15) is 26.4 Å². The molecule has 12 heteroatoms. The van der Waals surface area contributed by atoms with Crippen molar-refractivity contribution in [2.24, 2.45) is 0 Å². The average Bonchev–Trinajstić information content (AvgIpc) is 2.63. The van der Waals surface area contributed by atoms with E-state index in [0.29, 0.717) is 11.3 Å². The van der Waals surface area contributed by atoms with E-state index in [-0.39, 0.29) is 0 Å². The van der Waals surface area contributed by atoms with E-state index >= 15 is 0 Å². The number of alkyl halides is 3. The zero-order valence-corrected chi connectivity index (χ0v) is 9.90. The summed E-state index contributed by atoms with van der Waals surface area (Å²) in [7, 11) is -4.51. The van der Waals surface area contributed by atoms with Crippen LogP contribution in [0.4, 0.5) is 13.2 Å². The fourth-order valence-electron chi connectivity index (χ4n) is 0.795. The minimum absolute atomic E-state index is 0.439. The first-order valence-corrected chi connectivity index (χ1v) is 6.37. The maximum atomic E-state index is 11.7. The van der Waals surface area contributed by atoms with Crippen LogP contribution in [-0.4, -0.2) is 37.3 Å². The number of hydrogen-bond acceptors (Lipinski definition) is 6. The van der Waals surface area contributed by atoms with Crippen molar-refractivity contribution >= 4 is 27.3 Å². The van der Waals surface area contributed by atoms with Crippen LogP contribution in [-0.2, 0) is 14.9 Å². The summed E-state index contributed by atoms with van der Waals surface area (Å²) in [5, 5.41) is 8.60. The highest BCUT2D eigenvalue weighted by Gasteiger charge is 2.31. The quantitative estimate of drug-likeness (QED) is 0.772. The van der Waals surface area contributed by atoms with Crippen molar-refractivity contribution in [3.63, 3.8) is 0 Å². The van der Waals surface area contributed by atoms with Gasteiger partial charge >= 0.3 is 12.1 Å². The molecule has 0 saturated heterocycles. The summed E-state index contributed by atoms with van der Waals surface area (Å²) in [6.45, 7) is -1.84. The molecule has 0 atom stereocenters. The third kappa shape index (κ3) is 3.90. The number of halogens is 3. The Morgan fingerprint density at radius 1 is 1.56 bits per heavy atom. The van der Waals surface area contributed by atoms with Crippen LogP contribution in [0.15, 0.2) is 9.72 Å². The van der Waals surface area contributed by atoms with Crippen LogP contribution in [0.3, 0.4) is 0 Å². The van der Waals surface area contributed by atoms with E-state index in [1.807, 2.05) is 0 Å². The maximum absolute atomic E-state index is 11.7. The Morgan fingerprint density at radius 2 is 2.17 bits per heavy atom. The first-order chi connectivity index (χ1) is 8.13. The molecule has 102 valence electrons. The van der Waals surface area contributed by atoms with Crippen molar-refractivity contribution in [1.82, 2.24) is 9.87 Å². The predicted octanol–water partition coefficient (Wildman–Crippen LogP) is 0.614. The van der Waals surface area contributed by atoms with Gasteiger partial charge in [0, 0.05) is 0 Å². The summed E-state index contributed by atoms with van der Waals surface area (Å²) >= 11 is 0.439. The van der Waals surface area contributed by atoms with Crippen LogP contribution in [0.1, 0.15) is 10.5 Å². The topological polar surface area (TPSA) is 106 Å². The number of sulfonamides is 1. The number of nitrogens with zero attached hydrogens (tertiary/aromatic N) is 1. The summed E-state index contributed by atoms with van der Waals surface area (Å²) in [6, 6.07) is 0. The van der Waals surface area contributed by atoms with E-state index < -0.39 is 38.7 Å². The van der Waals surface area contributed by atoms with Gasteiger partial charge in [0.15, 0.2) is 16.5 Å². The Balaban J connectivity index is 2.81. The van der Waals surface area contributed by atoms with Crippen LogP contribution < -0.4 is 4.89 Å². The lowest BCUT2D eigenvalue weighted by atomic mass is 10.5. The summed E-state index contributed by atoms with van der Waals surface area (Å²) in [4.78, 5) is 18.8. The first kappa shape index (κ1) is 14.8. The molecule has 0 fully saturated rings. The second kappa shape index (κ2) is 5.17. The van der Waals surface area contributed by atoms with Crippen molar-refractivity contribution in [3.8, 4) is 0 Å². The molecular formula is C6H5F3N2O5S2. The fourth-order valence-corrected chi connectivity index (χ4v) is 2.72. The SMILES string of the molecule is O=C(O)c1ncsc1S(=O)(=O)NOCC(F)(F)F. The van der Waals surface area contributed by atoms with Gasteiger partial charge in [-0.3, -0.25) is 4.84 Å². The van der Waals surface area contributed by atoms with Crippen LogP contribution in [0.25, 0.3) is 0 Å². The van der Waals surface area contributed by atoms with E-state index in [0.717, 1.165) is 5.51 Å². The van der Waals surface area contributed by atoms with Crippen molar-refractivity contribution in [1.29, 1.82) is 0 Å². The fraction of sp³-hybridized carbons (Fsp3) is 0.333. The van der Waals surface area contributed by atoms with Gasteiger partial charge in [0.2, 0.25) is 0 Å². The standard InChI is InChI=1S/C6H5F3N2O5S2/c7-6(8,9)1-16-11-18(14,15)5-3(4(12)13)10-2-17-5/h2,11H,1H2,(H,12,13). The number of carboxylic acids is 1. The van der Waals surface area contributed by atoms with Gasteiger partial charge in [0.25, 0.3) is 10.0 Å². The summed E-state index contributed by atoms with van der Waals surface area (Å²) in [5.74, 6) is -1.62. The van der Waals surface area contributed by atoms with Gasteiger partial charge in [-0.1, -0.05) is 4.89 Å². The number of aromatic nitrogens is 1. The molecule has 7 nitrogen and oxygen atoms in total. The van der Waals surface area contributed by atoms with Crippen LogP contribution in [0.5, 0.6) is 0 Å². The van der Waals surface area contributed by atoms with Gasteiger partial charge in [0.1, 0.15) is 0 Å². The van der Waals surface area contributed by atoms with Gasteiger partial charge in [-0.15, -0.1) is 11.3 Å². The number of aromatic carboxylic acids is 1. The van der Waals surface area contributed by atoms with Gasteiger partial charge in [-0.25, -0.2) is 18.2 Å². The van der Waals surface area contributed by atoms with Crippen LogP contribution in [0, 0.1) is 0 Å². The molecule has 0 aromatic carbocycles. The number of thiazole rings is 1. The second-order valence-electron chi connectivity index (χ2n) is 2.78. The third-order valence-electron chi connectivity index (χ3n) is 1.39. The lowest BCUT2D eigenvalue weighted by Crippen LogP contribution is -2.30. The molecule has 2 N–H and O–H groups in total. The lowest BCUT2D eigenvalue weighted by Gasteiger charge is -2.08. The van der Waals surface area contributed by atoms with Crippen molar-refractivity contribution in [2.75, 3.05) is 6.61 Å². The molecule has 0 radical (unpaired) electrons. The highest BCUT2D eigenvalue weighted by atomic mass is 32.2. The zero-order chi connectivity index (χ0) is 14.0. The second-order valence-corrected chi connectivity index (χ2v) is 5.48. The number of carbonyl (C=O) groups is 1. The van der Waals surface area contributed by atoms with Crippen molar-refractivity contribution in [2.45, 2.75) is 10.4 Å². The van der Waals surface area contributed by atoms with E-state index in [4.69, 9.17) is 5.11 Å². The molecule has 1 rings (SSSR count). The molecule has 0 amide bonds. The minimum Gasteiger partial charge on any atom is -0.476 e. The highest BCUT2D eigenvalue weighted by Crippen LogP contribution is 2.20. The normalized spacial score (nSPS) is 12.6. The zero-order valence-electron chi connectivity index (χ0n) is 8.26. The monoisotopic (exact) mass is 306 g/mol. The Labute approximate surface area is 102 Å². The molecule has 1 heterocycles. The minimum atomic E-state index is -4.72.